The molecule has 3 heterocycles. The zero-order valence-electron chi connectivity index (χ0n) is 16.7. The molecule has 2 atom stereocenters. The number of sulfonamides is 1. The van der Waals surface area contributed by atoms with E-state index in [1.165, 1.54) is 0 Å². The topological polar surface area (TPSA) is 79.4 Å². The maximum absolute atomic E-state index is 13.7. The minimum Gasteiger partial charge on any atom is -0.383 e. The Morgan fingerprint density at radius 3 is 2.59 bits per heavy atom. The molecule has 0 aromatic rings. The predicted molar refractivity (Wildman–Crippen MR) is 102 cm³/mol. The summed E-state index contributed by atoms with van der Waals surface area (Å²) in [6, 6.07) is 0.0306. The van der Waals surface area contributed by atoms with E-state index < -0.39 is 15.4 Å². The molecular weight excluding hydrogens is 370 g/mol. The Bertz CT molecular complexity index is 635. The van der Waals surface area contributed by atoms with E-state index >= 15 is 0 Å². The van der Waals surface area contributed by atoms with Crippen molar-refractivity contribution in [2.75, 3.05) is 65.4 Å². The monoisotopic (exact) mass is 403 g/mol. The third-order valence-corrected chi connectivity index (χ3v) is 8.17. The first-order valence-electron chi connectivity index (χ1n) is 9.91. The second kappa shape index (κ2) is 8.32. The number of amides is 1. The van der Waals surface area contributed by atoms with Crippen LogP contribution >= 0.6 is 0 Å². The van der Waals surface area contributed by atoms with Crippen LogP contribution in [0.5, 0.6) is 0 Å². The van der Waals surface area contributed by atoms with E-state index in [1.807, 2.05) is 4.90 Å². The van der Waals surface area contributed by atoms with Gasteiger partial charge in [-0.3, -0.25) is 9.69 Å². The van der Waals surface area contributed by atoms with Crippen LogP contribution in [0.3, 0.4) is 0 Å². The molecule has 0 N–H and O–H groups in total. The molecule has 156 valence electrons. The van der Waals surface area contributed by atoms with Gasteiger partial charge in [-0.1, -0.05) is 0 Å². The first kappa shape index (κ1) is 21.0. The van der Waals surface area contributed by atoms with Crippen LogP contribution in [-0.4, -0.2) is 106 Å². The van der Waals surface area contributed by atoms with Crippen molar-refractivity contribution in [2.45, 2.75) is 38.8 Å². The van der Waals surface area contributed by atoms with Gasteiger partial charge in [0.05, 0.1) is 31.0 Å². The number of rotatable bonds is 5. The number of ether oxygens (including phenoxy) is 2. The highest BCUT2D eigenvalue weighted by atomic mass is 32.2. The molecule has 9 heteroatoms. The molecule has 0 bridgehead atoms. The highest BCUT2D eigenvalue weighted by molar-refractivity contribution is 7.89. The number of likely N-dealkylation sites (tertiary alicyclic amines) is 1. The van der Waals surface area contributed by atoms with Crippen LogP contribution in [0.2, 0.25) is 0 Å². The Morgan fingerprint density at radius 2 is 1.96 bits per heavy atom. The number of hydrogen-bond acceptors (Lipinski definition) is 6. The quantitative estimate of drug-likeness (QED) is 0.643. The van der Waals surface area contributed by atoms with Gasteiger partial charge < -0.3 is 14.4 Å². The van der Waals surface area contributed by atoms with E-state index in [9.17, 15) is 13.2 Å². The molecule has 0 radical (unpaired) electrons. The summed E-state index contributed by atoms with van der Waals surface area (Å²) >= 11 is 0. The smallest absolute Gasteiger partial charge is 0.231 e. The summed E-state index contributed by atoms with van der Waals surface area (Å²) in [5, 5.41) is 0. The van der Waals surface area contributed by atoms with Crippen LogP contribution in [0.4, 0.5) is 0 Å². The van der Waals surface area contributed by atoms with Crippen LogP contribution in [0, 0.1) is 5.41 Å². The van der Waals surface area contributed by atoms with Crippen molar-refractivity contribution in [3.05, 3.63) is 0 Å². The average Bonchev–Trinajstić information content (AvgIpc) is 2.66. The molecule has 0 aromatic heterocycles. The first-order chi connectivity index (χ1) is 12.8. The maximum Gasteiger partial charge on any atom is 0.231 e. The fourth-order valence-electron chi connectivity index (χ4n) is 4.71. The van der Waals surface area contributed by atoms with Crippen molar-refractivity contribution in [3.8, 4) is 0 Å². The van der Waals surface area contributed by atoms with Gasteiger partial charge in [-0.2, -0.15) is 4.31 Å². The summed E-state index contributed by atoms with van der Waals surface area (Å²) in [6.07, 6.45) is 1.07. The molecule has 27 heavy (non-hydrogen) atoms. The number of methoxy groups -OCH3 is 1. The molecule has 0 spiro atoms. The van der Waals surface area contributed by atoms with Gasteiger partial charge in [0, 0.05) is 51.9 Å². The van der Waals surface area contributed by atoms with Gasteiger partial charge in [0.1, 0.15) is 0 Å². The Kier molecular flexibility index (Phi) is 6.47. The van der Waals surface area contributed by atoms with Crippen molar-refractivity contribution in [1.82, 2.24) is 14.1 Å². The van der Waals surface area contributed by atoms with Gasteiger partial charge in [-0.25, -0.2) is 8.42 Å². The van der Waals surface area contributed by atoms with Gasteiger partial charge >= 0.3 is 0 Å². The fraction of sp³-hybridized carbons (Fsp3) is 0.944. The minimum atomic E-state index is -3.37. The molecule has 8 nitrogen and oxygen atoms in total. The standard InChI is InChI=1S/C18H33N3O5S/c1-15(2)20-6-4-16-18(14-20,17(22)19-7-11-26-12-8-19)5-13-27(23,24)21(16)9-10-25-3/h15-16H,4-14H2,1-3H3/t16-,18+/m1/s1. The van der Waals surface area contributed by atoms with Crippen LogP contribution < -0.4 is 0 Å². The molecular formula is C18H33N3O5S. The lowest BCUT2D eigenvalue weighted by Crippen LogP contribution is -2.69. The zero-order valence-corrected chi connectivity index (χ0v) is 17.5. The molecule has 3 fully saturated rings. The average molecular weight is 404 g/mol. The van der Waals surface area contributed by atoms with Gasteiger partial charge in [0.2, 0.25) is 15.9 Å². The third-order valence-electron chi connectivity index (χ3n) is 6.29. The first-order valence-corrected chi connectivity index (χ1v) is 11.5. The van der Waals surface area contributed by atoms with E-state index in [1.54, 1.807) is 11.4 Å². The second-order valence-electron chi connectivity index (χ2n) is 8.10. The van der Waals surface area contributed by atoms with Gasteiger partial charge in [0.15, 0.2) is 0 Å². The summed E-state index contributed by atoms with van der Waals surface area (Å²) in [7, 11) is -1.79. The second-order valence-corrected chi connectivity index (χ2v) is 10.1. The Balaban J connectivity index is 1.95. The normalized spacial score (nSPS) is 32.4. The van der Waals surface area contributed by atoms with E-state index in [2.05, 4.69) is 18.7 Å². The molecule has 0 unspecified atom stereocenters. The number of hydrogen-bond donors (Lipinski definition) is 0. The number of carbonyl (C=O) groups excluding carboxylic acids is 1. The summed E-state index contributed by atoms with van der Waals surface area (Å²) < 4.78 is 37.8. The molecule has 1 amide bonds. The lowest BCUT2D eigenvalue weighted by atomic mass is 9.71. The van der Waals surface area contributed by atoms with Crippen molar-refractivity contribution in [3.63, 3.8) is 0 Å². The van der Waals surface area contributed by atoms with Crippen molar-refractivity contribution in [1.29, 1.82) is 0 Å². The Morgan fingerprint density at radius 1 is 1.26 bits per heavy atom. The minimum absolute atomic E-state index is 0.0230. The molecule has 3 aliphatic rings. The highest BCUT2D eigenvalue weighted by Crippen LogP contribution is 2.44. The lowest BCUT2D eigenvalue weighted by Gasteiger charge is -2.55. The number of piperidine rings is 1. The molecule has 3 rings (SSSR count). The van der Waals surface area contributed by atoms with Gasteiger partial charge in [-0.15, -0.1) is 0 Å². The molecule has 3 aliphatic heterocycles. The SMILES string of the molecule is COCCN1[C@@H]2CCN(C(C)C)C[C@@]2(C(=O)N2CCOCC2)CCS1(=O)=O. The Labute approximate surface area is 162 Å². The van der Waals surface area contributed by atoms with E-state index in [4.69, 9.17) is 9.47 Å². The van der Waals surface area contributed by atoms with Gasteiger partial charge in [-0.05, 0) is 26.7 Å². The Hall–Kier alpha value is -0.740. The zero-order chi connectivity index (χ0) is 19.7. The van der Waals surface area contributed by atoms with Crippen molar-refractivity contribution < 1.29 is 22.7 Å². The molecule has 0 aromatic carbocycles. The highest BCUT2D eigenvalue weighted by Gasteiger charge is 2.58. The fourth-order valence-corrected chi connectivity index (χ4v) is 6.62. The van der Waals surface area contributed by atoms with E-state index in [-0.39, 0.29) is 17.7 Å². The van der Waals surface area contributed by atoms with Crippen molar-refractivity contribution >= 4 is 15.9 Å². The number of fused-ring (bicyclic) bond motifs is 1. The van der Waals surface area contributed by atoms with Crippen LogP contribution in [-0.2, 0) is 24.3 Å². The summed E-state index contributed by atoms with van der Waals surface area (Å²) in [5.41, 5.74) is -0.682. The lowest BCUT2D eigenvalue weighted by molar-refractivity contribution is -0.156. The van der Waals surface area contributed by atoms with Crippen LogP contribution in [0.15, 0.2) is 0 Å². The summed E-state index contributed by atoms with van der Waals surface area (Å²) in [5.74, 6) is 0.119. The van der Waals surface area contributed by atoms with E-state index in [0.717, 1.165) is 6.54 Å². The molecule has 0 saturated carbocycles. The number of carbonyl (C=O) groups is 1. The number of morpholine rings is 1. The molecule has 0 aliphatic carbocycles. The van der Waals surface area contributed by atoms with E-state index in [0.29, 0.717) is 64.9 Å². The number of nitrogens with zero attached hydrogens (tertiary/aromatic N) is 3. The molecule has 3 saturated heterocycles. The summed E-state index contributed by atoms with van der Waals surface area (Å²) in [6.45, 7) is 8.60. The van der Waals surface area contributed by atoms with Crippen LogP contribution in [0.1, 0.15) is 26.7 Å². The maximum atomic E-state index is 13.7. The summed E-state index contributed by atoms with van der Waals surface area (Å²) in [4.78, 5) is 17.9. The van der Waals surface area contributed by atoms with Gasteiger partial charge in [0.25, 0.3) is 0 Å². The van der Waals surface area contributed by atoms with Crippen molar-refractivity contribution in [2.24, 2.45) is 5.41 Å². The predicted octanol–water partition coefficient (Wildman–Crippen LogP) is -0.00380. The van der Waals surface area contributed by atoms with Crippen LogP contribution in [0.25, 0.3) is 0 Å². The third kappa shape index (κ3) is 4.03. The largest absolute Gasteiger partial charge is 0.383 e.